The summed E-state index contributed by atoms with van der Waals surface area (Å²) in [5.41, 5.74) is 0.162. The normalized spacial score (nSPS) is 19.0. The van der Waals surface area contributed by atoms with Gasteiger partial charge in [-0.05, 0) is 31.0 Å². The van der Waals surface area contributed by atoms with Gasteiger partial charge < -0.3 is 10.0 Å². The average molecular weight is 316 g/mol. The lowest BCUT2D eigenvalue weighted by Gasteiger charge is -2.21. The molecule has 4 nitrogen and oxygen atoms in total. The molecular formula is C12H11BrFNO3. The minimum absolute atomic E-state index is 0.162. The molecule has 6 heteroatoms. The molecule has 1 saturated heterocycles. The third-order valence-electron chi connectivity index (χ3n) is 2.91. The minimum atomic E-state index is -1.02. The Labute approximate surface area is 112 Å². The van der Waals surface area contributed by atoms with E-state index in [0.717, 1.165) is 6.07 Å². The second-order valence-corrected chi connectivity index (χ2v) is 5.07. The number of carboxylic acid groups (broad SMARTS) is 1. The topological polar surface area (TPSA) is 57.6 Å². The summed E-state index contributed by atoms with van der Waals surface area (Å²) in [6.07, 6.45) is 1.09. The van der Waals surface area contributed by atoms with Gasteiger partial charge >= 0.3 is 5.97 Å². The van der Waals surface area contributed by atoms with Gasteiger partial charge in [0, 0.05) is 16.6 Å². The molecule has 1 heterocycles. The Kier molecular flexibility index (Phi) is 3.65. The SMILES string of the molecule is O=C(O)[C@@H]1CCCN1C(=O)c1cc(F)cc(Br)c1. The Balaban J connectivity index is 2.28. The molecule has 18 heavy (non-hydrogen) atoms. The number of carbonyl (C=O) groups is 2. The number of halogens is 2. The Morgan fingerprint density at radius 1 is 1.39 bits per heavy atom. The van der Waals surface area contributed by atoms with Crippen LogP contribution in [0.5, 0.6) is 0 Å². The summed E-state index contributed by atoms with van der Waals surface area (Å²) in [6, 6.07) is 3.04. The van der Waals surface area contributed by atoms with Gasteiger partial charge in [-0.2, -0.15) is 0 Å². The van der Waals surface area contributed by atoms with E-state index < -0.39 is 23.7 Å². The first-order valence-corrected chi connectivity index (χ1v) is 6.28. The average Bonchev–Trinajstić information content (AvgIpc) is 2.75. The number of carboxylic acids is 1. The van der Waals surface area contributed by atoms with Crippen LogP contribution >= 0.6 is 15.9 Å². The highest BCUT2D eigenvalue weighted by Crippen LogP contribution is 2.22. The number of hydrogen-bond acceptors (Lipinski definition) is 2. The highest BCUT2D eigenvalue weighted by atomic mass is 79.9. The summed E-state index contributed by atoms with van der Waals surface area (Å²) in [5.74, 6) is -1.99. The van der Waals surface area contributed by atoms with Crippen LogP contribution in [0.25, 0.3) is 0 Å². The van der Waals surface area contributed by atoms with Crippen molar-refractivity contribution in [3.63, 3.8) is 0 Å². The van der Waals surface area contributed by atoms with Crippen LogP contribution in [0.3, 0.4) is 0 Å². The molecule has 1 aliphatic heterocycles. The third-order valence-corrected chi connectivity index (χ3v) is 3.37. The van der Waals surface area contributed by atoms with Crippen LogP contribution < -0.4 is 0 Å². The molecule has 0 unspecified atom stereocenters. The van der Waals surface area contributed by atoms with Crippen molar-refractivity contribution in [1.82, 2.24) is 4.90 Å². The van der Waals surface area contributed by atoms with Crippen LogP contribution in [0.15, 0.2) is 22.7 Å². The standard InChI is InChI=1S/C12H11BrFNO3/c13-8-4-7(5-9(14)6-8)11(16)15-3-1-2-10(15)12(17)18/h4-6,10H,1-3H2,(H,17,18)/t10-/m0/s1. The predicted molar refractivity (Wildman–Crippen MR) is 65.8 cm³/mol. The Bertz CT molecular complexity index is 486. The van der Waals surface area contributed by atoms with E-state index in [-0.39, 0.29) is 5.56 Å². The number of aliphatic carboxylic acids is 1. The lowest BCUT2D eigenvalue weighted by Crippen LogP contribution is -2.40. The third kappa shape index (κ3) is 2.53. The Morgan fingerprint density at radius 3 is 2.72 bits per heavy atom. The van der Waals surface area contributed by atoms with Crippen molar-refractivity contribution in [1.29, 1.82) is 0 Å². The van der Waals surface area contributed by atoms with E-state index in [4.69, 9.17) is 5.11 Å². The van der Waals surface area contributed by atoms with E-state index in [0.29, 0.717) is 23.9 Å². The second kappa shape index (κ2) is 5.06. The maximum Gasteiger partial charge on any atom is 0.326 e. The predicted octanol–water partition coefficient (Wildman–Crippen LogP) is 2.28. The van der Waals surface area contributed by atoms with Gasteiger partial charge in [0.25, 0.3) is 5.91 Å². The quantitative estimate of drug-likeness (QED) is 0.911. The first kappa shape index (κ1) is 13.0. The van der Waals surface area contributed by atoms with Crippen LogP contribution in [0.4, 0.5) is 4.39 Å². The molecule has 0 spiro atoms. The van der Waals surface area contributed by atoms with Crippen LogP contribution in [0, 0.1) is 5.82 Å². The van der Waals surface area contributed by atoms with Gasteiger partial charge in [-0.1, -0.05) is 15.9 Å². The molecule has 2 rings (SSSR count). The zero-order chi connectivity index (χ0) is 13.3. The summed E-state index contributed by atoms with van der Waals surface area (Å²) in [7, 11) is 0. The molecule has 1 amide bonds. The number of rotatable bonds is 2. The molecule has 0 bridgehead atoms. The summed E-state index contributed by atoms with van der Waals surface area (Å²) in [6.45, 7) is 0.393. The van der Waals surface area contributed by atoms with Crippen molar-refractivity contribution in [3.8, 4) is 0 Å². The highest BCUT2D eigenvalue weighted by molar-refractivity contribution is 9.10. The summed E-state index contributed by atoms with van der Waals surface area (Å²) >= 11 is 3.11. The van der Waals surface area contributed by atoms with Crippen LogP contribution in [0.1, 0.15) is 23.2 Å². The van der Waals surface area contributed by atoms with Crippen LogP contribution in [0.2, 0.25) is 0 Å². The highest BCUT2D eigenvalue weighted by Gasteiger charge is 2.34. The summed E-state index contributed by atoms with van der Waals surface area (Å²) < 4.78 is 13.7. The number of benzene rings is 1. The van der Waals surface area contributed by atoms with Gasteiger partial charge in [0.05, 0.1) is 0 Å². The van der Waals surface area contributed by atoms with Crippen molar-refractivity contribution < 1.29 is 19.1 Å². The lowest BCUT2D eigenvalue weighted by molar-refractivity contribution is -0.141. The molecular weight excluding hydrogens is 305 g/mol. The largest absolute Gasteiger partial charge is 0.480 e. The Morgan fingerprint density at radius 2 is 2.11 bits per heavy atom. The maximum absolute atomic E-state index is 13.2. The first-order valence-electron chi connectivity index (χ1n) is 5.49. The number of amides is 1. The van der Waals surface area contributed by atoms with Gasteiger partial charge in [-0.25, -0.2) is 9.18 Å². The van der Waals surface area contributed by atoms with Crippen molar-refractivity contribution >= 4 is 27.8 Å². The van der Waals surface area contributed by atoms with Crippen molar-refractivity contribution in [3.05, 3.63) is 34.1 Å². The van der Waals surface area contributed by atoms with Gasteiger partial charge in [0.2, 0.25) is 0 Å². The maximum atomic E-state index is 13.2. The van der Waals surface area contributed by atoms with Crippen molar-refractivity contribution in [2.75, 3.05) is 6.54 Å². The molecule has 0 aliphatic carbocycles. The fraction of sp³-hybridized carbons (Fsp3) is 0.333. The summed E-state index contributed by atoms with van der Waals surface area (Å²) in [4.78, 5) is 24.4. The van der Waals surface area contributed by atoms with Gasteiger partial charge in [0.1, 0.15) is 11.9 Å². The fourth-order valence-corrected chi connectivity index (χ4v) is 2.57. The molecule has 0 aromatic heterocycles. The molecule has 96 valence electrons. The smallest absolute Gasteiger partial charge is 0.326 e. The number of carbonyl (C=O) groups excluding carboxylic acids is 1. The molecule has 1 aliphatic rings. The van der Waals surface area contributed by atoms with Crippen molar-refractivity contribution in [2.24, 2.45) is 0 Å². The fourth-order valence-electron chi connectivity index (χ4n) is 2.11. The number of hydrogen-bond donors (Lipinski definition) is 1. The van der Waals surface area contributed by atoms with Crippen molar-refractivity contribution in [2.45, 2.75) is 18.9 Å². The molecule has 1 N–H and O–H groups in total. The first-order chi connectivity index (χ1) is 8.49. The zero-order valence-electron chi connectivity index (χ0n) is 9.40. The Hall–Kier alpha value is -1.43. The van der Waals surface area contributed by atoms with Gasteiger partial charge in [0.15, 0.2) is 0 Å². The van der Waals surface area contributed by atoms with E-state index in [1.807, 2.05) is 0 Å². The number of likely N-dealkylation sites (tertiary alicyclic amines) is 1. The number of nitrogens with zero attached hydrogens (tertiary/aromatic N) is 1. The lowest BCUT2D eigenvalue weighted by atomic mass is 10.1. The van der Waals surface area contributed by atoms with E-state index in [9.17, 15) is 14.0 Å². The van der Waals surface area contributed by atoms with E-state index >= 15 is 0 Å². The van der Waals surface area contributed by atoms with E-state index in [1.54, 1.807) is 0 Å². The van der Waals surface area contributed by atoms with Gasteiger partial charge in [-0.3, -0.25) is 4.79 Å². The van der Waals surface area contributed by atoms with E-state index in [1.165, 1.54) is 17.0 Å². The molecule has 1 fully saturated rings. The zero-order valence-corrected chi connectivity index (χ0v) is 11.0. The van der Waals surface area contributed by atoms with Crippen LogP contribution in [-0.4, -0.2) is 34.5 Å². The molecule has 0 saturated carbocycles. The van der Waals surface area contributed by atoms with Gasteiger partial charge in [-0.15, -0.1) is 0 Å². The molecule has 1 aromatic carbocycles. The monoisotopic (exact) mass is 315 g/mol. The summed E-state index contributed by atoms with van der Waals surface area (Å²) in [5, 5.41) is 9.01. The molecule has 1 atom stereocenters. The van der Waals surface area contributed by atoms with E-state index in [2.05, 4.69) is 15.9 Å². The second-order valence-electron chi connectivity index (χ2n) is 4.15. The van der Waals surface area contributed by atoms with Crippen LogP contribution in [-0.2, 0) is 4.79 Å². The molecule has 0 radical (unpaired) electrons. The minimum Gasteiger partial charge on any atom is -0.480 e. The molecule has 1 aromatic rings.